The van der Waals surface area contributed by atoms with Crippen molar-refractivity contribution in [2.24, 2.45) is 5.73 Å². The molecule has 0 aliphatic carbocycles. The van der Waals surface area contributed by atoms with Gasteiger partial charge in [0.05, 0.1) is 5.60 Å². The van der Waals surface area contributed by atoms with Crippen molar-refractivity contribution in [1.82, 2.24) is 0 Å². The van der Waals surface area contributed by atoms with Gasteiger partial charge in [-0.25, -0.2) is 0 Å². The van der Waals surface area contributed by atoms with E-state index in [1.165, 1.54) is 0 Å². The maximum atomic E-state index is 9.58. The molecule has 0 amide bonds. The van der Waals surface area contributed by atoms with Gasteiger partial charge in [-0.2, -0.15) is 0 Å². The Morgan fingerprint density at radius 3 is 1.70 bits per heavy atom. The van der Waals surface area contributed by atoms with E-state index in [1.807, 2.05) is 20.8 Å². The van der Waals surface area contributed by atoms with E-state index in [1.54, 1.807) is 0 Å². The van der Waals surface area contributed by atoms with Crippen LogP contribution in [0.15, 0.2) is 0 Å². The van der Waals surface area contributed by atoms with Crippen LogP contribution in [-0.4, -0.2) is 16.7 Å². The van der Waals surface area contributed by atoms with E-state index in [0.29, 0.717) is 0 Å². The second-order valence-electron chi connectivity index (χ2n) is 2.60. The Bertz CT molecular complexity index is 81.7. The van der Waals surface area contributed by atoms with Crippen LogP contribution in [0.3, 0.4) is 0 Å². The Morgan fingerprint density at radius 1 is 1.40 bits per heavy atom. The number of halogens is 1. The molecule has 2 nitrogen and oxygen atoms in total. The summed E-state index contributed by atoms with van der Waals surface area (Å²) in [4.78, 5) is 0. The van der Waals surface area contributed by atoms with Crippen LogP contribution in [0, 0.1) is 0 Å². The quantitative estimate of drug-likeness (QED) is 0.666. The smallest absolute Gasteiger partial charge is 0.0790 e. The highest BCUT2D eigenvalue weighted by molar-refractivity contribution is 5.85. The molecule has 10 heavy (non-hydrogen) atoms. The number of hydrogen-bond acceptors (Lipinski definition) is 2. The third-order valence-electron chi connectivity index (χ3n) is 2.07. The van der Waals surface area contributed by atoms with Crippen molar-refractivity contribution < 1.29 is 5.11 Å². The van der Waals surface area contributed by atoms with E-state index in [9.17, 15) is 5.11 Å². The molecule has 0 saturated carbocycles. The SMILES string of the molecule is CCC(O)(CC)C(C)N.Cl. The van der Waals surface area contributed by atoms with E-state index < -0.39 is 5.60 Å². The molecule has 0 aliphatic heterocycles. The van der Waals surface area contributed by atoms with Crippen LogP contribution in [0.2, 0.25) is 0 Å². The van der Waals surface area contributed by atoms with Gasteiger partial charge >= 0.3 is 0 Å². The molecule has 0 radical (unpaired) electrons. The van der Waals surface area contributed by atoms with E-state index in [0.717, 1.165) is 12.8 Å². The van der Waals surface area contributed by atoms with Crippen LogP contribution >= 0.6 is 12.4 Å². The van der Waals surface area contributed by atoms with E-state index in [4.69, 9.17) is 5.73 Å². The maximum Gasteiger partial charge on any atom is 0.0790 e. The lowest BCUT2D eigenvalue weighted by atomic mass is 9.90. The fourth-order valence-corrected chi connectivity index (χ4v) is 0.894. The molecule has 3 heteroatoms. The number of rotatable bonds is 3. The minimum Gasteiger partial charge on any atom is -0.388 e. The third-order valence-corrected chi connectivity index (χ3v) is 2.07. The van der Waals surface area contributed by atoms with Gasteiger partial charge in [0.15, 0.2) is 0 Å². The summed E-state index contributed by atoms with van der Waals surface area (Å²) in [6.45, 7) is 5.74. The normalized spacial score (nSPS) is 14.1. The van der Waals surface area contributed by atoms with Gasteiger partial charge in [-0.3, -0.25) is 0 Å². The molecular weight excluding hydrogens is 150 g/mol. The van der Waals surface area contributed by atoms with Gasteiger partial charge in [-0.15, -0.1) is 12.4 Å². The highest BCUT2D eigenvalue weighted by atomic mass is 35.5. The zero-order chi connectivity index (χ0) is 7.49. The van der Waals surface area contributed by atoms with Crippen molar-refractivity contribution in [2.45, 2.75) is 45.3 Å². The first-order chi connectivity index (χ1) is 4.06. The molecule has 0 aromatic rings. The van der Waals surface area contributed by atoms with E-state index >= 15 is 0 Å². The lowest BCUT2D eigenvalue weighted by Gasteiger charge is -2.29. The average molecular weight is 168 g/mol. The Balaban J connectivity index is 0. The summed E-state index contributed by atoms with van der Waals surface area (Å²) in [6, 6.07) is -0.118. The van der Waals surface area contributed by atoms with Crippen LogP contribution in [0.25, 0.3) is 0 Å². The van der Waals surface area contributed by atoms with Gasteiger partial charge in [-0.05, 0) is 19.8 Å². The lowest BCUT2D eigenvalue weighted by Crippen LogP contribution is -2.44. The molecule has 1 atom stereocenters. The summed E-state index contributed by atoms with van der Waals surface area (Å²) < 4.78 is 0. The Kier molecular flexibility index (Phi) is 6.35. The highest BCUT2D eigenvalue weighted by Crippen LogP contribution is 2.16. The summed E-state index contributed by atoms with van der Waals surface area (Å²) in [6.07, 6.45) is 1.47. The summed E-state index contributed by atoms with van der Waals surface area (Å²) in [5.41, 5.74) is 4.90. The van der Waals surface area contributed by atoms with Crippen molar-refractivity contribution in [3.8, 4) is 0 Å². The predicted molar refractivity (Wildman–Crippen MR) is 46.4 cm³/mol. The number of hydrogen-bond donors (Lipinski definition) is 2. The Labute approximate surface area is 69.2 Å². The first kappa shape index (κ1) is 12.8. The zero-order valence-electron chi connectivity index (χ0n) is 6.92. The van der Waals surface area contributed by atoms with Gasteiger partial charge in [-0.1, -0.05) is 13.8 Å². The largest absolute Gasteiger partial charge is 0.388 e. The molecule has 0 fully saturated rings. The number of aliphatic hydroxyl groups is 1. The number of nitrogens with two attached hydrogens (primary N) is 1. The van der Waals surface area contributed by atoms with Crippen LogP contribution in [0.1, 0.15) is 33.6 Å². The first-order valence-corrected chi connectivity index (χ1v) is 3.54. The molecule has 0 saturated heterocycles. The van der Waals surface area contributed by atoms with Crippen LogP contribution in [0.5, 0.6) is 0 Å². The predicted octanol–water partition coefficient (Wildman–Crippen LogP) is 1.31. The molecule has 0 rings (SSSR count). The highest BCUT2D eigenvalue weighted by Gasteiger charge is 2.26. The standard InChI is InChI=1S/C7H17NO.ClH/c1-4-7(9,5-2)6(3)8;/h6,9H,4-5,8H2,1-3H3;1H. The molecule has 0 bridgehead atoms. The first-order valence-electron chi connectivity index (χ1n) is 3.54. The molecule has 0 aromatic carbocycles. The Hall–Kier alpha value is 0.210. The molecule has 0 aliphatic rings. The molecule has 1 unspecified atom stereocenters. The topological polar surface area (TPSA) is 46.2 Å². The monoisotopic (exact) mass is 167 g/mol. The van der Waals surface area contributed by atoms with Crippen molar-refractivity contribution in [3.63, 3.8) is 0 Å². The Morgan fingerprint density at radius 2 is 1.70 bits per heavy atom. The zero-order valence-corrected chi connectivity index (χ0v) is 7.74. The van der Waals surface area contributed by atoms with Crippen molar-refractivity contribution in [3.05, 3.63) is 0 Å². The van der Waals surface area contributed by atoms with Gasteiger partial charge in [0.1, 0.15) is 0 Å². The summed E-state index contributed by atoms with van der Waals surface area (Å²) in [5.74, 6) is 0. The van der Waals surface area contributed by atoms with Gasteiger partial charge in [0, 0.05) is 6.04 Å². The van der Waals surface area contributed by atoms with Gasteiger partial charge in [0.25, 0.3) is 0 Å². The minimum absolute atomic E-state index is 0. The van der Waals surface area contributed by atoms with E-state index in [2.05, 4.69) is 0 Å². The fourth-order valence-electron chi connectivity index (χ4n) is 0.894. The average Bonchev–Trinajstić information content (AvgIpc) is 1.86. The third kappa shape index (κ3) is 2.86. The minimum atomic E-state index is -0.639. The molecule has 0 heterocycles. The van der Waals surface area contributed by atoms with Crippen molar-refractivity contribution in [1.29, 1.82) is 0 Å². The second kappa shape index (κ2) is 4.94. The summed E-state index contributed by atoms with van der Waals surface area (Å²) >= 11 is 0. The molecule has 0 spiro atoms. The molecular formula is C7H18ClNO. The molecule has 3 N–H and O–H groups in total. The summed E-state index contributed by atoms with van der Waals surface area (Å²) in [5, 5.41) is 9.58. The lowest BCUT2D eigenvalue weighted by molar-refractivity contribution is 0.0119. The van der Waals surface area contributed by atoms with Crippen LogP contribution in [-0.2, 0) is 0 Å². The van der Waals surface area contributed by atoms with Gasteiger partial charge < -0.3 is 10.8 Å². The van der Waals surface area contributed by atoms with E-state index in [-0.39, 0.29) is 18.4 Å². The fraction of sp³-hybridized carbons (Fsp3) is 1.00. The molecule has 0 aromatic heterocycles. The maximum absolute atomic E-state index is 9.58. The van der Waals surface area contributed by atoms with Gasteiger partial charge in [0.2, 0.25) is 0 Å². The molecule has 64 valence electrons. The van der Waals surface area contributed by atoms with Crippen molar-refractivity contribution in [2.75, 3.05) is 0 Å². The summed E-state index contributed by atoms with van der Waals surface area (Å²) in [7, 11) is 0. The van der Waals surface area contributed by atoms with Crippen LogP contribution in [0.4, 0.5) is 0 Å². The second-order valence-corrected chi connectivity index (χ2v) is 2.60. The van der Waals surface area contributed by atoms with Crippen molar-refractivity contribution >= 4 is 12.4 Å². The van der Waals surface area contributed by atoms with Crippen LogP contribution < -0.4 is 5.73 Å².